The highest BCUT2D eigenvalue weighted by molar-refractivity contribution is 7.16. The summed E-state index contributed by atoms with van der Waals surface area (Å²) in [5.41, 5.74) is 1.79. The highest BCUT2D eigenvalue weighted by atomic mass is 35.5. The number of thiophene rings is 1. The second kappa shape index (κ2) is 5.84. The predicted molar refractivity (Wildman–Crippen MR) is 82.9 cm³/mol. The van der Waals surface area contributed by atoms with Crippen molar-refractivity contribution in [3.63, 3.8) is 0 Å². The van der Waals surface area contributed by atoms with Gasteiger partial charge in [-0.2, -0.15) is 5.26 Å². The van der Waals surface area contributed by atoms with Gasteiger partial charge in [0.15, 0.2) is 0 Å². The fraction of sp³-hybridized carbons (Fsp3) is 0.143. The van der Waals surface area contributed by atoms with E-state index in [2.05, 4.69) is 11.4 Å². The Bertz CT molecular complexity index is 732. The van der Waals surface area contributed by atoms with Gasteiger partial charge in [-0.15, -0.1) is 11.3 Å². The zero-order valence-corrected chi connectivity index (χ0v) is 13.1. The number of anilines is 1. The van der Waals surface area contributed by atoms with Crippen molar-refractivity contribution in [1.29, 1.82) is 5.26 Å². The van der Waals surface area contributed by atoms with Gasteiger partial charge in [0.05, 0.1) is 15.6 Å². The number of carbonyl (C=O) groups excluding carboxylic acids is 1. The van der Waals surface area contributed by atoms with Gasteiger partial charge in [-0.1, -0.05) is 23.2 Å². The van der Waals surface area contributed by atoms with Crippen molar-refractivity contribution in [2.45, 2.75) is 13.8 Å². The van der Waals surface area contributed by atoms with Gasteiger partial charge in [0, 0.05) is 10.4 Å². The lowest BCUT2D eigenvalue weighted by Gasteiger charge is -2.04. The maximum Gasteiger partial charge on any atom is 0.256 e. The van der Waals surface area contributed by atoms with E-state index in [1.165, 1.54) is 17.4 Å². The van der Waals surface area contributed by atoms with Gasteiger partial charge in [0.25, 0.3) is 5.91 Å². The Balaban J connectivity index is 2.30. The number of halogens is 2. The van der Waals surface area contributed by atoms with Gasteiger partial charge in [-0.3, -0.25) is 4.79 Å². The Morgan fingerprint density at radius 3 is 2.60 bits per heavy atom. The third-order valence-electron chi connectivity index (χ3n) is 2.91. The molecule has 6 heteroatoms. The van der Waals surface area contributed by atoms with Gasteiger partial charge >= 0.3 is 0 Å². The minimum absolute atomic E-state index is 0.318. The molecule has 1 aromatic heterocycles. The summed E-state index contributed by atoms with van der Waals surface area (Å²) in [6.07, 6.45) is 0. The van der Waals surface area contributed by atoms with Crippen molar-refractivity contribution < 1.29 is 4.79 Å². The number of carbonyl (C=O) groups is 1. The summed E-state index contributed by atoms with van der Waals surface area (Å²) in [5, 5.41) is 13.1. The van der Waals surface area contributed by atoms with E-state index >= 15 is 0 Å². The zero-order valence-electron chi connectivity index (χ0n) is 10.8. The first-order valence-corrected chi connectivity index (χ1v) is 7.27. The molecule has 1 aromatic carbocycles. The summed E-state index contributed by atoms with van der Waals surface area (Å²) in [6, 6.07) is 6.76. The van der Waals surface area contributed by atoms with Gasteiger partial charge in [0.1, 0.15) is 11.1 Å². The minimum atomic E-state index is -0.318. The first-order chi connectivity index (χ1) is 9.43. The standard InChI is InChI=1S/C14H10Cl2N2OS/c1-7-8(2)20-14(10(7)6-17)18-13(19)9-3-4-11(15)12(16)5-9/h3-5H,1-2H3,(H,18,19). The molecule has 102 valence electrons. The molecule has 0 spiro atoms. The number of aryl methyl sites for hydroxylation is 1. The lowest BCUT2D eigenvalue weighted by atomic mass is 10.1. The smallest absolute Gasteiger partial charge is 0.256 e. The third-order valence-corrected chi connectivity index (χ3v) is 4.77. The van der Waals surface area contributed by atoms with Crippen LogP contribution in [0.5, 0.6) is 0 Å². The first kappa shape index (κ1) is 14.9. The number of nitrogens with one attached hydrogen (secondary N) is 1. The van der Waals surface area contributed by atoms with Crippen LogP contribution in [0.25, 0.3) is 0 Å². The normalized spacial score (nSPS) is 10.2. The van der Waals surface area contributed by atoms with Gasteiger partial charge in [0.2, 0.25) is 0 Å². The summed E-state index contributed by atoms with van der Waals surface area (Å²) in [7, 11) is 0. The summed E-state index contributed by atoms with van der Waals surface area (Å²) in [4.78, 5) is 13.2. The number of nitrogens with zero attached hydrogens (tertiary/aromatic N) is 1. The number of amides is 1. The maximum absolute atomic E-state index is 12.2. The number of nitriles is 1. The van der Waals surface area contributed by atoms with Crippen LogP contribution >= 0.6 is 34.5 Å². The predicted octanol–water partition coefficient (Wildman–Crippen LogP) is 4.80. The van der Waals surface area contributed by atoms with E-state index in [4.69, 9.17) is 28.5 Å². The van der Waals surface area contributed by atoms with Crippen molar-refractivity contribution in [2.75, 3.05) is 5.32 Å². The molecule has 0 bridgehead atoms. The molecule has 0 aliphatic heterocycles. The van der Waals surface area contributed by atoms with E-state index in [-0.39, 0.29) is 5.91 Å². The zero-order chi connectivity index (χ0) is 14.9. The quantitative estimate of drug-likeness (QED) is 0.862. The Hall–Kier alpha value is -1.54. The van der Waals surface area contributed by atoms with Crippen LogP contribution in [-0.2, 0) is 0 Å². The molecule has 0 unspecified atom stereocenters. The Kier molecular flexibility index (Phi) is 4.34. The van der Waals surface area contributed by atoms with Crippen LogP contribution in [0.2, 0.25) is 10.0 Å². The Labute approximate surface area is 130 Å². The van der Waals surface area contributed by atoms with E-state index in [0.717, 1.165) is 10.4 Å². The molecule has 0 saturated carbocycles. The van der Waals surface area contributed by atoms with Crippen LogP contribution in [0.4, 0.5) is 5.00 Å². The Morgan fingerprint density at radius 1 is 1.30 bits per heavy atom. The summed E-state index contributed by atoms with van der Waals surface area (Å²) in [6.45, 7) is 3.77. The monoisotopic (exact) mass is 324 g/mol. The van der Waals surface area contributed by atoms with Crippen LogP contribution < -0.4 is 5.32 Å². The topological polar surface area (TPSA) is 52.9 Å². The van der Waals surface area contributed by atoms with Crippen LogP contribution in [0.3, 0.4) is 0 Å². The summed E-state index contributed by atoms with van der Waals surface area (Å²) in [5.74, 6) is -0.318. The molecular weight excluding hydrogens is 315 g/mol. The SMILES string of the molecule is Cc1sc(NC(=O)c2ccc(Cl)c(Cl)c2)c(C#N)c1C. The average molecular weight is 325 g/mol. The van der Waals surface area contributed by atoms with Crippen molar-refractivity contribution in [2.24, 2.45) is 0 Å². The number of hydrogen-bond donors (Lipinski definition) is 1. The van der Waals surface area contributed by atoms with E-state index in [1.807, 2.05) is 13.8 Å². The van der Waals surface area contributed by atoms with E-state index in [9.17, 15) is 4.79 Å². The highest BCUT2D eigenvalue weighted by Gasteiger charge is 2.16. The van der Waals surface area contributed by atoms with Crippen LogP contribution in [0.15, 0.2) is 18.2 Å². The van der Waals surface area contributed by atoms with Crippen molar-refractivity contribution in [1.82, 2.24) is 0 Å². The number of rotatable bonds is 2. The van der Waals surface area contributed by atoms with Crippen molar-refractivity contribution >= 4 is 45.4 Å². The van der Waals surface area contributed by atoms with Crippen LogP contribution in [0, 0.1) is 25.2 Å². The Morgan fingerprint density at radius 2 is 2.00 bits per heavy atom. The van der Waals surface area contributed by atoms with E-state index in [1.54, 1.807) is 12.1 Å². The first-order valence-electron chi connectivity index (χ1n) is 5.70. The van der Waals surface area contributed by atoms with Crippen molar-refractivity contribution in [3.05, 3.63) is 49.8 Å². The minimum Gasteiger partial charge on any atom is -0.312 e. The number of hydrogen-bond acceptors (Lipinski definition) is 3. The molecule has 1 amide bonds. The maximum atomic E-state index is 12.2. The molecule has 0 saturated heterocycles. The highest BCUT2D eigenvalue weighted by Crippen LogP contribution is 2.32. The second-order valence-electron chi connectivity index (χ2n) is 4.18. The number of benzene rings is 1. The second-order valence-corrected chi connectivity index (χ2v) is 6.22. The lowest BCUT2D eigenvalue weighted by Crippen LogP contribution is -2.11. The molecule has 0 fully saturated rings. The molecule has 20 heavy (non-hydrogen) atoms. The third kappa shape index (κ3) is 2.80. The molecule has 0 atom stereocenters. The molecule has 2 aromatic rings. The van der Waals surface area contributed by atoms with Gasteiger partial charge in [-0.05, 0) is 37.6 Å². The fourth-order valence-corrected chi connectivity index (χ4v) is 2.97. The molecule has 1 heterocycles. The van der Waals surface area contributed by atoms with Gasteiger partial charge < -0.3 is 5.32 Å². The molecule has 3 nitrogen and oxygen atoms in total. The molecule has 0 radical (unpaired) electrons. The average Bonchev–Trinajstić information content (AvgIpc) is 2.67. The largest absolute Gasteiger partial charge is 0.312 e. The van der Waals surface area contributed by atoms with Crippen LogP contribution in [0.1, 0.15) is 26.4 Å². The lowest BCUT2D eigenvalue weighted by molar-refractivity contribution is 0.102. The summed E-state index contributed by atoms with van der Waals surface area (Å²) < 4.78 is 0. The van der Waals surface area contributed by atoms with Crippen LogP contribution in [-0.4, -0.2) is 5.91 Å². The molecule has 0 aliphatic rings. The molecular formula is C14H10Cl2N2OS. The van der Waals surface area contributed by atoms with E-state index < -0.39 is 0 Å². The van der Waals surface area contributed by atoms with E-state index in [0.29, 0.717) is 26.2 Å². The fourth-order valence-electron chi connectivity index (χ4n) is 1.66. The van der Waals surface area contributed by atoms with Crippen molar-refractivity contribution in [3.8, 4) is 6.07 Å². The molecule has 0 aliphatic carbocycles. The summed E-state index contributed by atoms with van der Waals surface area (Å²) >= 11 is 13.1. The molecule has 2 rings (SSSR count). The molecule has 1 N–H and O–H groups in total. The van der Waals surface area contributed by atoms with Gasteiger partial charge in [-0.25, -0.2) is 0 Å².